The van der Waals surface area contributed by atoms with Gasteiger partial charge in [-0.25, -0.2) is 0 Å². The van der Waals surface area contributed by atoms with E-state index >= 15 is 0 Å². The lowest BCUT2D eigenvalue weighted by atomic mass is 9.89. The number of esters is 1. The summed E-state index contributed by atoms with van der Waals surface area (Å²) in [7, 11) is 1.46. The molecule has 0 aromatic carbocycles. The quantitative estimate of drug-likeness (QED) is 0.777. The molecular weight excluding hydrogens is 240 g/mol. The van der Waals surface area contributed by atoms with Gasteiger partial charge in [0, 0.05) is 13.1 Å². The SMILES string of the molecule is COC(=O)C(C)(C)CCN1CCCNCC1.Cl. The van der Waals surface area contributed by atoms with E-state index in [-0.39, 0.29) is 23.8 Å². The summed E-state index contributed by atoms with van der Waals surface area (Å²) < 4.78 is 4.81. The Morgan fingerprint density at radius 2 is 2.06 bits per heavy atom. The normalized spacial score (nSPS) is 18.1. The van der Waals surface area contributed by atoms with Gasteiger partial charge < -0.3 is 15.0 Å². The molecule has 0 aromatic rings. The highest BCUT2D eigenvalue weighted by Gasteiger charge is 2.28. The summed E-state index contributed by atoms with van der Waals surface area (Å²) in [5.74, 6) is -0.111. The van der Waals surface area contributed by atoms with E-state index in [0.717, 1.165) is 39.1 Å². The summed E-state index contributed by atoms with van der Waals surface area (Å²) in [5, 5.41) is 3.38. The first kappa shape index (κ1) is 16.7. The number of carbonyl (C=O) groups excluding carboxylic acids is 1. The number of methoxy groups -OCH3 is 1. The molecule has 0 radical (unpaired) electrons. The van der Waals surface area contributed by atoms with E-state index in [0.29, 0.717) is 0 Å². The summed E-state index contributed by atoms with van der Waals surface area (Å²) in [4.78, 5) is 13.9. The average molecular weight is 265 g/mol. The topological polar surface area (TPSA) is 41.6 Å². The maximum Gasteiger partial charge on any atom is 0.311 e. The highest BCUT2D eigenvalue weighted by molar-refractivity contribution is 5.85. The fourth-order valence-electron chi connectivity index (χ4n) is 1.94. The first-order valence-corrected chi connectivity index (χ1v) is 6.08. The van der Waals surface area contributed by atoms with Crippen LogP contribution in [0.3, 0.4) is 0 Å². The first-order valence-electron chi connectivity index (χ1n) is 6.08. The second-order valence-electron chi connectivity index (χ2n) is 5.07. The van der Waals surface area contributed by atoms with Crippen LogP contribution in [0, 0.1) is 5.41 Å². The van der Waals surface area contributed by atoms with E-state index in [1.165, 1.54) is 13.5 Å². The number of nitrogens with zero attached hydrogens (tertiary/aromatic N) is 1. The fraction of sp³-hybridized carbons (Fsp3) is 0.917. The maximum atomic E-state index is 11.5. The van der Waals surface area contributed by atoms with Crippen LogP contribution in [0.5, 0.6) is 0 Å². The molecule has 0 amide bonds. The molecule has 0 aromatic heterocycles. The van der Waals surface area contributed by atoms with Crippen LogP contribution < -0.4 is 5.32 Å². The number of ether oxygens (including phenoxy) is 1. The number of rotatable bonds is 4. The minimum Gasteiger partial charge on any atom is -0.469 e. The zero-order chi connectivity index (χ0) is 12.0. The van der Waals surface area contributed by atoms with E-state index in [1.54, 1.807) is 0 Å². The highest BCUT2D eigenvalue weighted by Crippen LogP contribution is 2.22. The summed E-state index contributed by atoms with van der Waals surface area (Å²) in [5.41, 5.74) is -0.367. The predicted molar refractivity (Wildman–Crippen MR) is 71.6 cm³/mol. The number of hydrogen-bond acceptors (Lipinski definition) is 4. The molecule has 0 unspecified atom stereocenters. The van der Waals surface area contributed by atoms with Crippen molar-refractivity contribution >= 4 is 18.4 Å². The lowest BCUT2D eigenvalue weighted by Crippen LogP contribution is -2.34. The lowest BCUT2D eigenvalue weighted by Gasteiger charge is -2.26. The van der Waals surface area contributed by atoms with Gasteiger partial charge >= 0.3 is 5.97 Å². The zero-order valence-corrected chi connectivity index (χ0v) is 11.9. The molecule has 1 saturated heterocycles. The van der Waals surface area contributed by atoms with Crippen molar-refractivity contribution in [3.63, 3.8) is 0 Å². The molecule has 0 saturated carbocycles. The minimum absolute atomic E-state index is 0. The van der Waals surface area contributed by atoms with Gasteiger partial charge in [-0.05, 0) is 46.3 Å². The molecule has 1 aliphatic heterocycles. The Morgan fingerprint density at radius 1 is 1.35 bits per heavy atom. The number of nitrogens with one attached hydrogen (secondary N) is 1. The standard InChI is InChI=1S/C12H24N2O2.ClH/c1-12(2,11(15)16-3)5-9-14-8-4-6-13-7-10-14;/h13H,4-10H2,1-3H3;1H. The highest BCUT2D eigenvalue weighted by atomic mass is 35.5. The van der Waals surface area contributed by atoms with E-state index in [1.807, 2.05) is 13.8 Å². The molecule has 1 fully saturated rings. The molecule has 5 heteroatoms. The van der Waals surface area contributed by atoms with E-state index in [2.05, 4.69) is 10.2 Å². The second-order valence-corrected chi connectivity index (χ2v) is 5.07. The molecular formula is C12H25ClN2O2. The Bertz CT molecular complexity index is 227. The van der Waals surface area contributed by atoms with Crippen molar-refractivity contribution < 1.29 is 9.53 Å². The zero-order valence-electron chi connectivity index (χ0n) is 11.1. The van der Waals surface area contributed by atoms with Crippen LogP contribution >= 0.6 is 12.4 Å². The van der Waals surface area contributed by atoms with Crippen molar-refractivity contribution in [2.75, 3.05) is 39.8 Å². The van der Waals surface area contributed by atoms with Crippen LogP contribution in [0.4, 0.5) is 0 Å². The molecule has 1 heterocycles. The molecule has 4 nitrogen and oxygen atoms in total. The van der Waals surface area contributed by atoms with Crippen molar-refractivity contribution in [3.05, 3.63) is 0 Å². The van der Waals surface area contributed by atoms with Crippen LogP contribution in [0.2, 0.25) is 0 Å². The van der Waals surface area contributed by atoms with Crippen molar-refractivity contribution in [1.82, 2.24) is 10.2 Å². The average Bonchev–Trinajstić information content (AvgIpc) is 2.53. The molecule has 1 N–H and O–H groups in total. The number of halogens is 1. The van der Waals surface area contributed by atoms with Gasteiger partial charge in [-0.2, -0.15) is 0 Å². The van der Waals surface area contributed by atoms with Crippen molar-refractivity contribution in [2.24, 2.45) is 5.41 Å². The van der Waals surface area contributed by atoms with Crippen LogP contribution in [0.1, 0.15) is 26.7 Å². The van der Waals surface area contributed by atoms with Gasteiger partial charge in [0.25, 0.3) is 0 Å². The Hall–Kier alpha value is -0.320. The molecule has 1 aliphatic rings. The molecule has 102 valence electrons. The van der Waals surface area contributed by atoms with E-state index in [9.17, 15) is 4.79 Å². The van der Waals surface area contributed by atoms with Crippen LogP contribution in [0.25, 0.3) is 0 Å². The third-order valence-electron chi connectivity index (χ3n) is 3.22. The molecule has 0 spiro atoms. The van der Waals surface area contributed by atoms with Gasteiger partial charge in [0.15, 0.2) is 0 Å². The van der Waals surface area contributed by atoms with Crippen molar-refractivity contribution in [3.8, 4) is 0 Å². The Balaban J connectivity index is 0.00000256. The first-order chi connectivity index (χ1) is 7.56. The van der Waals surface area contributed by atoms with Crippen LogP contribution in [0.15, 0.2) is 0 Å². The van der Waals surface area contributed by atoms with Crippen molar-refractivity contribution in [2.45, 2.75) is 26.7 Å². The summed E-state index contributed by atoms with van der Waals surface area (Å²) in [6, 6.07) is 0. The monoisotopic (exact) mass is 264 g/mol. The summed E-state index contributed by atoms with van der Waals surface area (Å²) in [6.45, 7) is 9.25. The van der Waals surface area contributed by atoms with Gasteiger partial charge in [-0.1, -0.05) is 0 Å². The largest absolute Gasteiger partial charge is 0.469 e. The van der Waals surface area contributed by atoms with Gasteiger partial charge in [0.05, 0.1) is 12.5 Å². The Labute approximate surface area is 110 Å². The molecule has 0 bridgehead atoms. The number of hydrogen-bond donors (Lipinski definition) is 1. The second kappa shape index (κ2) is 7.90. The predicted octanol–water partition coefficient (Wildman–Crippen LogP) is 1.29. The van der Waals surface area contributed by atoms with Gasteiger partial charge in [-0.3, -0.25) is 4.79 Å². The van der Waals surface area contributed by atoms with Gasteiger partial charge in [-0.15, -0.1) is 12.4 Å². The molecule has 0 aliphatic carbocycles. The van der Waals surface area contributed by atoms with E-state index in [4.69, 9.17) is 4.74 Å². The van der Waals surface area contributed by atoms with Gasteiger partial charge in [0.2, 0.25) is 0 Å². The minimum atomic E-state index is -0.367. The lowest BCUT2D eigenvalue weighted by molar-refractivity contribution is -0.151. The van der Waals surface area contributed by atoms with E-state index < -0.39 is 0 Å². The molecule has 0 atom stereocenters. The van der Waals surface area contributed by atoms with Crippen LogP contribution in [-0.2, 0) is 9.53 Å². The summed E-state index contributed by atoms with van der Waals surface area (Å²) >= 11 is 0. The summed E-state index contributed by atoms with van der Waals surface area (Å²) in [6.07, 6.45) is 2.05. The van der Waals surface area contributed by atoms with Crippen molar-refractivity contribution in [1.29, 1.82) is 0 Å². The Kier molecular flexibility index (Phi) is 7.75. The molecule has 17 heavy (non-hydrogen) atoms. The van der Waals surface area contributed by atoms with Gasteiger partial charge in [0.1, 0.15) is 0 Å². The van der Waals surface area contributed by atoms with Crippen LogP contribution in [-0.4, -0.2) is 50.7 Å². The Morgan fingerprint density at radius 3 is 2.71 bits per heavy atom. The number of carbonyl (C=O) groups is 1. The fourth-order valence-corrected chi connectivity index (χ4v) is 1.94. The molecule has 1 rings (SSSR count). The maximum absolute atomic E-state index is 11.5. The smallest absolute Gasteiger partial charge is 0.311 e. The third kappa shape index (κ3) is 5.70. The third-order valence-corrected chi connectivity index (χ3v) is 3.22.